The number of benzene rings is 1. The van der Waals surface area contributed by atoms with Gasteiger partial charge in [0.2, 0.25) is 0 Å². The Bertz CT molecular complexity index is 635. The molecule has 2 aromatic rings. The third kappa shape index (κ3) is 4.59. The molecule has 2 heterocycles. The molecule has 1 aromatic carbocycles. The Kier molecular flexibility index (Phi) is 6.39. The highest BCUT2D eigenvalue weighted by atomic mass is 35.5. The Hall–Kier alpha value is -2.32. The van der Waals surface area contributed by atoms with Gasteiger partial charge < -0.3 is 20.1 Å². The molecule has 2 N–H and O–H groups in total. The summed E-state index contributed by atoms with van der Waals surface area (Å²) in [5.74, 6) is 0.778. The standard InChI is InChI=1S/C15H19N5O3.ClH/c21-15(22)19-8-6-16-12(11-19)5-10-23-14-3-1-13(2-4-14)20-9-7-17-18-20;/h1-4,7,9,12,16H,5-6,8,10-11H2,(H,21,22);1H/t12-;/m1./s1. The average Bonchev–Trinajstić information content (AvgIpc) is 3.10. The van der Waals surface area contributed by atoms with Crippen molar-refractivity contribution in [1.82, 2.24) is 25.2 Å². The van der Waals surface area contributed by atoms with Crippen LogP contribution < -0.4 is 10.1 Å². The molecule has 0 bridgehead atoms. The number of hydrogen-bond acceptors (Lipinski definition) is 5. The number of carboxylic acid groups (broad SMARTS) is 1. The van der Waals surface area contributed by atoms with Gasteiger partial charge in [0.1, 0.15) is 5.75 Å². The largest absolute Gasteiger partial charge is 0.494 e. The molecule has 8 nitrogen and oxygen atoms in total. The molecule has 0 spiro atoms. The van der Waals surface area contributed by atoms with E-state index in [1.165, 1.54) is 4.90 Å². The molecule has 1 atom stereocenters. The van der Waals surface area contributed by atoms with Gasteiger partial charge in [-0.05, 0) is 30.7 Å². The molecule has 1 aliphatic rings. The molecule has 1 saturated heterocycles. The van der Waals surface area contributed by atoms with Crippen LogP contribution >= 0.6 is 12.4 Å². The van der Waals surface area contributed by atoms with Crippen molar-refractivity contribution < 1.29 is 14.6 Å². The summed E-state index contributed by atoms with van der Waals surface area (Å²) < 4.78 is 7.40. The first kappa shape index (κ1) is 18.0. The van der Waals surface area contributed by atoms with E-state index in [1.54, 1.807) is 17.1 Å². The van der Waals surface area contributed by atoms with Crippen LogP contribution in [0.5, 0.6) is 5.75 Å². The summed E-state index contributed by atoms with van der Waals surface area (Å²) in [5.41, 5.74) is 0.917. The Morgan fingerprint density at radius 1 is 1.38 bits per heavy atom. The fourth-order valence-electron chi connectivity index (χ4n) is 2.55. The van der Waals surface area contributed by atoms with Crippen LogP contribution in [0.4, 0.5) is 4.79 Å². The van der Waals surface area contributed by atoms with Gasteiger partial charge in [-0.15, -0.1) is 17.5 Å². The number of amides is 1. The van der Waals surface area contributed by atoms with E-state index < -0.39 is 6.09 Å². The van der Waals surface area contributed by atoms with Crippen LogP contribution in [0.15, 0.2) is 36.7 Å². The van der Waals surface area contributed by atoms with E-state index in [9.17, 15) is 4.79 Å². The predicted molar refractivity (Wildman–Crippen MR) is 90.1 cm³/mol. The summed E-state index contributed by atoms with van der Waals surface area (Å²) in [6.45, 7) is 2.26. The molecule has 0 radical (unpaired) electrons. The molecule has 24 heavy (non-hydrogen) atoms. The normalized spacial score (nSPS) is 17.2. The zero-order valence-electron chi connectivity index (χ0n) is 13.0. The molecule has 1 aromatic heterocycles. The van der Waals surface area contributed by atoms with Gasteiger partial charge in [-0.25, -0.2) is 9.48 Å². The van der Waals surface area contributed by atoms with Crippen LogP contribution in [0, 0.1) is 0 Å². The quantitative estimate of drug-likeness (QED) is 0.844. The molecular weight excluding hydrogens is 334 g/mol. The minimum absolute atomic E-state index is 0. The molecular formula is C15H20ClN5O3. The summed E-state index contributed by atoms with van der Waals surface area (Å²) in [6.07, 6.45) is 3.30. The predicted octanol–water partition coefficient (Wildman–Crippen LogP) is 1.41. The molecule has 3 rings (SSSR count). The smallest absolute Gasteiger partial charge is 0.407 e. The van der Waals surface area contributed by atoms with E-state index in [0.29, 0.717) is 26.2 Å². The van der Waals surface area contributed by atoms with Gasteiger partial charge in [0.15, 0.2) is 0 Å². The highest BCUT2D eigenvalue weighted by molar-refractivity contribution is 5.85. The molecule has 0 unspecified atom stereocenters. The molecule has 9 heteroatoms. The number of rotatable bonds is 5. The maximum Gasteiger partial charge on any atom is 0.407 e. The number of hydrogen-bond donors (Lipinski definition) is 2. The number of nitrogens with zero attached hydrogens (tertiary/aromatic N) is 4. The molecule has 0 saturated carbocycles. The third-order valence-electron chi connectivity index (χ3n) is 3.78. The zero-order chi connectivity index (χ0) is 16.1. The van der Waals surface area contributed by atoms with Crippen molar-refractivity contribution in [3.8, 4) is 11.4 Å². The minimum Gasteiger partial charge on any atom is -0.494 e. The maximum atomic E-state index is 11.0. The Morgan fingerprint density at radius 3 is 2.83 bits per heavy atom. The van der Waals surface area contributed by atoms with E-state index in [-0.39, 0.29) is 18.4 Å². The van der Waals surface area contributed by atoms with Crippen LogP contribution in [0.1, 0.15) is 6.42 Å². The topological polar surface area (TPSA) is 92.5 Å². The lowest BCUT2D eigenvalue weighted by molar-refractivity contribution is 0.124. The van der Waals surface area contributed by atoms with Crippen LogP contribution in [0.25, 0.3) is 5.69 Å². The number of carbonyl (C=O) groups is 1. The molecule has 1 aliphatic heterocycles. The van der Waals surface area contributed by atoms with Crippen LogP contribution in [-0.2, 0) is 0 Å². The van der Waals surface area contributed by atoms with Crippen molar-refractivity contribution >= 4 is 18.5 Å². The maximum absolute atomic E-state index is 11.0. The SMILES string of the molecule is Cl.O=C(O)N1CCN[C@H](CCOc2ccc(-n3ccnn3)cc2)C1. The van der Waals surface area contributed by atoms with Crippen molar-refractivity contribution in [3.63, 3.8) is 0 Å². The number of halogens is 1. The highest BCUT2D eigenvalue weighted by Crippen LogP contribution is 2.15. The number of nitrogens with one attached hydrogen (secondary N) is 1. The second-order valence-corrected chi connectivity index (χ2v) is 5.36. The van der Waals surface area contributed by atoms with E-state index in [2.05, 4.69) is 15.6 Å². The minimum atomic E-state index is -0.860. The number of ether oxygens (including phenoxy) is 1. The summed E-state index contributed by atoms with van der Waals surface area (Å²) in [5, 5.41) is 20.0. The fraction of sp³-hybridized carbons (Fsp3) is 0.400. The van der Waals surface area contributed by atoms with Gasteiger partial charge in [-0.3, -0.25) is 0 Å². The fourth-order valence-corrected chi connectivity index (χ4v) is 2.55. The highest BCUT2D eigenvalue weighted by Gasteiger charge is 2.22. The van der Waals surface area contributed by atoms with Crippen molar-refractivity contribution in [3.05, 3.63) is 36.7 Å². The second kappa shape index (κ2) is 8.51. The van der Waals surface area contributed by atoms with Gasteiger partial charge >= 0.3 is 6.09 Å². The summed E-state index contributed by atoms with van der Waals surface area (Å²) >= 11 is 0. The van der Waals surface area contributed by atoms with Crippen molar-refractivity contribution in [1.29, 1.82) is 0 Å². The van der Waals surface area contributed by atoms with Crippen molar-refractivity contribution in [2.24, 2.45) is 0 Å². The van der Waals surface area contributed by atoms with Gasteiger partial charge in [0.25, 0.3) is 0 Å². The van der Waals surface area contributed by atoms with Gasteiger partial charge in [-0.1, -0.05) is 5.21 Å². The lowest BCUT2D eigenvalue weighted by atomic mass is 10.1. The van der Waals surface area contributed by atoms with Crippen LogP contribution in [0.2, 0.25) is 0 Å². The van der Waals surface area contributed by atoms with Crippen molar-refractivity contribution in [2.45, 2.75) is 12.5 Å². The monoisotopic (exact) mass is 353 g/mol. The number of aromatic nitrogens is 3. The van der Waals surface area contributed by atoms with Crippen molar-refractivity contribution in [2.75, 3.05) is 26.2 Å². The molecule has 0 aliphatic carbocycles. The Balaban J connectivity index is 0.00000208. The van der Waals surface area contributed by atoms with Gasteiger partial charge in [0.05, 0.1) is 24.7 Å². The molecule has 1 fully saturated rings. The number of piperazine rings is 1. The van der Waals surface area contributed by atoms with E-state index in [4.69, 9.17) is 9.84 Å². The Morgan fingerprint density at radius 2 is 2.17 bits per heavy atom. The van der Waals surface area contributed by atoms with E-state index >= 15 is 0 Å². The summed E-state index contributed by atoms with van der Waals surface area (Å²) in [7, 11) is 0. The van der Waals surface area contributed by atoms with Crippen LogP contribution in [0.3, 0.4) is 0 Å². The molecule has 1 amide bonds. The molecule has 130 valence electrons. The summed E-state index contributed by atoms with van der Waals surface area (Å²) in [6, 6.07) is 7.72. The van der Waals surface area contributed by atoms with E-state index in [1.807, 2.05) is 24.3 Å². The van der Waals surface area contributed by atoms with E-state index in [0.717, 1.165) is 17.9 Å². The lowest BCUT2D eigenvalue weighted by Crippen LogP contribution is -2.52. The van der Waals surface area contributed by atoms with Gasteiger partial charge in [-0.2, -0.15) is 0 Å². The first-order valence-electron chi connectivity index (χ1n) is 7.53. The zero-order valence-corrected chi connectivity index (χ0v) is 13.9. The first-order chi connectivity index (χ1) is 11.2. The lowest BCUT2D eigenvalue weighted by Gasteiger charge is -2.31. The van der Waals surface area contributed by atoms with Crippen LogP contribution in [-0.4, -0.2) is 63.4 Å². The van der Waals surface area contributed by atoms with Gasteiger partial charge in [0, 0.05) is 25.7 Å². The first-order valence-corrected chi connectivity index (χ1v) is 7.53. The average molecular weight is 354 g/mol. The second-order valence-electron chi connectivity index (χ2n) is 5.36. The summed E-state index contributed by atoms with van der Waals surface area (Å²) in [4.78, 5) is 12.4. The third-order valence-corrected chi connectivity index (χ3v) is 3.78. The Labute approximate surface area is 145 Å².